The zero-order chi connectivity index (χ0) is 14.0. The number of hydrogen-bond donors (Lipinski definition) is 2. The van der Waals surface area contributed by atoms with Gasteiger partial charge in [-0.05, 0) is 31.2 Å². The summed E-state index contributed by atoms with van der Waals surface area (Å²) >= 11 is 1.14. The molecule has 0 fully saturated rings. The Kier molecular flexibility index (Phi) is 3.54. The summed E-state index contributed by atoms with van der Waals surface area (Å²) in [5.41, 5.74) is -0.0546. The van der Waals surface area contributed by atoms with Crippen LogP contribution < -0.4 is 4.72 Å². The number of nitrogens with zero attached hydrogens (tertiary/aromatic N) is 1. The molecule has 6 nitrogen and oxygen atoms in total. The van der Waals surface area contributed by atoms with Gasteiger partial charge in [0.05, 0.1) is 5.69 Å². The molecule has 2 heterocycles. The molecule has 19 heavy (non-hydrogen) atoms. The summed E-state index contributed by atoms with van der Waals surface area (Å²) in [7, 11) is -3.69. The number of aryl methyl sites for hydroxylation is 1. The molecule has 0 radical (unpaired) electrons. The first kappa shape index (κ1) is 13.5. The van der Waals surface area contributed by atoms with Gasteiger partial charge >= 0.3 is 5.97 Å². The lowest BCUT2D eigenvalue weighted by atomic mass is 10.3. The summed E-state index contributed by atoms with van der Waals surface area (Å²) in [5, 5.41) is 8.79. The van der Waals surface area contributed by atoms with Crippen molar-refractivity contribution in [3.63, 3.8) is 0 Å². The Labute approximate surface area is 113 Å². The molecule has 0 amide bonds. The van der Waals surface area contributed by atoms with Gasteiger partial charge in [0.1, 0.15) is 9.90 Å². The van der Waals surface area contributed by atoms with Gasteiger partial charge < -0.3 is 5.11 Å². The Bertz CT molecular complexity index is 722. The van der Waals surface area contributed by atoms with Crippen LogP contribution in [0, 0.1) is 6.92 Å². The molecule has 0 spiro atoms. The molecule has 0 bridgehead atoms. The van der Waals surface area contributed by atoms with E-state index in [1.807, 2.05) is 0 Å². The molecule has 0 atom stereocenters. The van der Waals surface area contributed by atoms with Gasteiger partial charge in [0, 0.05) is 11.1 Å². The molecule has 0 unspecified atom stereocenters. The van der Waals surface area contributed by atoms with Crippen molar-refractivity contribution in [1.29, 1.82) is 0 Å². The minimum atomic E-state index is -3.69. The number of aromatic carboxylic acids is 1. The maximum absolute atomic E-state index is 12.0. The van der Waals surface area contributed by atoms with Crippen LogP contribution >= 0.6 is 11.3 Å². The summed E-state index contributed by atoms with van der Waals surface area (Å²) < 4.78 is 26.6. The second kappa shape index (κ2) is 4.98. The number of nitrogens with one attached hydrogen (secondary N) is 1. The first-order valence-electron chi connectivity index (χ1n) is 5.17. The third-order valence-corrected chi connectivity index (χ3v) is 5.09. The van der Waals surface area contributed by atoms with Crippen LogP contribution in [0.5, 0.6) is 0 Å². The van der Waals surface area contributed by atoms with E-state index < -0.39 is 16.0 Å². The highest BCUT2D eigenvalue weighted by Crippen LogP contribution is 2.23. The highest BCUT2D eigenvalue weighted by molar-refractivity contribution is 7.94. The van der Waals surface area contributed by atoms with Crippen molar-refractivity contribution in [2.24, 2.45) is 0 Å². The van der Waals surface area contributed by atoms with Crippen LogP contribution in [0.3, 0.4) is 0 Å². The summed E-state index contributed by atoms with van der Waals surface area (Å²) in [6.07, 6.45) is 1.24. The number of hydrogen-bond acceptors (Lipinski definition) is 5. The minimum absolute atomic E-state index is 0.165. The predicted molar refractivity (Wildman–Crippen MR) is 71.1 cm³/mol. The number of carbonyl (C=O) groups is 1. The molecule has 0 aliphatic rings. The smallest absolute Gasteiger partial charge is 0.354 e. The molecule has 2 aromatic rings. The first-order valence-corrected chi connectivity index (χ1v) is 7.47. The lowest BCUT2D eigenvalue weighted by molar-refractivity contribution is 0.0690. The van der Waals surface area contributed by atoms with Gasteiger partial charge in [-0.25, -0.2) is 18.2 Å². The summed E-state index contributed by atoms with van der Waals surface area (Å²) in [6.45, 7) is 1.80. The van der Waals surface area contributed by atoms with E-state index in [-0.39, 0.29) is 15.6 Å². The van der Waals surface area contributed by atoms with E-state index in [9.17, 15) is 13.2 Å². The van der Waals surface area contributed by atoms with Crippen molar-refractivity contribution in [2.75, 3.05) is 4.72 Å². The third-order valence-electron chi connectivity index (χ3n) is 2.21. The van der Waals surface area contributed by atoms with Crippen LogP contribution in [-0.4, -0.2) is 24.5 Å². The molecule has 8 heteroatoms. The number of rotatable bonds is 4. The van der Waals surface area contributed by atoms with Crippen LogP contribution in [0.4, 0.5) is 5.69 Å². The number of carboxylic acids is 1. The molecule has 2 rings (SSSR count). The first-order chi connectivity index (χ1) is 8.88. The minimum Gasteiger partial charge on any atom is -0.477 e. The van der Waals surface area contributed by atoms with Crippen molar-refractivity contribution in [3.05, 3.63) is 41.0 Å². The van der Waals surface area contributed by atoms with Gasteiger partial charge in [-0.3, -0.25) is 4.72 Å². The SMILES string of the molecule is Cc1ccc(S(=O)(=O)Nc2ccnc(C(=O)O)c2)s1. The van der Waals surface area contributed by atoms with Crippen molar-refractivity contribution in [3.8, 4) is 0 Å². The molecule has 0 aliphatic heterocycles. The zero-order valence-electron chi connectivity index (χ0n) is 9.82. The number of sulfonamides is 1. The second-order valence-corrected chi connectivity index (χ2v) is 6.90. The van der Waals surface area contributed by atoms with Crippen LogP contribution in [0.15, 0.2) is 34.7 Å². The van der Waals surface area contributed by atoms with Crippen LogP contribution in [0.2, 0.25) is 0 Å². The predicted octanol–water partition coefficient (Wildman–Crippen LogP) is 1.95. The van der Waals surface area contributed by atoms with E-state index in [2.05, 4.69) is 9.71 Å². The maximum atomic E-state index is 12.0. The quantitative estimate of drug-likeness (QED) is 0.899. The lowest BCUT2D eigenvalue weighted by Crippen LogP contribution is -2.12. The van der Waals surface area contributed by atoms with E-state index in [0.717, 1.165) is 16.2 Å². The largest absolute Gasteiger partial charge is 0.477 e. The average Bonchev–Trinajstić information content (AvgIpc) is 2.76. The molecule has 0 aromatic carbocycles. The van der Waals surface area contributed by atoms with Crippen molar-refractivity contribution >= 4 is 33.0 Å². The molecular weight excluding hydrogens is 288 g/mol. The van der Waals surface area contributed by atoms with E-state index in [1.165, 1.54) is 24.4 Å². The van der Waals surface area contributed by atoms with Gasteiger partial charge in [0.15, 0.2) is 0 Å². The number of thiophene rings is 1. The molecule has 2 aromatic heterocycles. The third kappa shape index (κ3) is 3.09. The van der Waals surface area contributed by atoms with Crippen molar-refractivity contribution in [1.82, 2.24) is 4.98 Å². The molecule has 0 saturated carbocycles. The van der Waals surface area contributed by atoms with Gasteiger partial charge in [0.25, 0.3) is 10.0 Å². The van der Waals surface area contributed by atoms with E-state index in [0.29, 0.717) is 0 Å². The fourth-order valence-electron chi connectivity index (χ4n) is 1.37. The number of pyridine rings is 1. The maximum Gasteiger partial charge on any atom is 0.354 e. The van der Waals surface area contributed by atoms with Gasteiger partial charge in [-0.15, -0.1) is 11.3 Å². The zero-order valence-corrected chi connectivity index (χ0v) is 11.5. The molecule has 0 saturated heterocycles. The van der Waals surface area contributed by atoms with Crippen molar-refractivity contribution in [2.45, 2.75) is 11.1 Å². The standard InChI is InChI=1S/C11H10N2O4S2/c1-7-2-3-10(18-7)19(16,17)13-8-4-5-12-9(6-8)11(14)15/h2-6H,1H3,(H,12,13)(H,14,15). The number of carboxylic acid groups (broad SMARTS) is 1. The summed E-state index contributed by atoms with van der Waals surface area (Å²) in [4.78, 5) is 15.2. The normalized spacial score (nSPS) is 11.2. The summed E-state index contributed by atoms with van der Waals surface area (Å²) in [6, 6.07) is 5.76. The highest BCUT2D eigenvalue weighted by atomic mass is 32.2. The van der Waals surface area contributed by atoms with Crippen LogP contribution in [0.1, 0.15) is 15.4 Å². The Hall–Kier alpha value is -1.93. The van der Waals surface area contributed by atoms with Crippen LogP contribution in [-0.2, 0) is 10.0 Å². The number of anilines is 1. The van der Waals surface area contributed by atoms with Crippen molar-refractivity contribution < 1.29 is 18.3 Å². The molecule has 0 aliphatic carbocycles. The lowest BCUT2D eigenvalue weighted by Gasteiger charge is -2.06. The van der Waals surface area contributed by atoms with E-state index in [4.69, 9.17) is 5.11 Å². The highest BCUT2D eigenvalue weighted by Gasteiger charge is 2.17. The van der Waals surface area contributed by atoms with E-state index in [1.54, 1.807) is 13.0 Å². The van der Waals surface area contributed by atoms with Gasteiger partial charge in [-0.1, -0.05) is 0 Å². The molecular formula is C11H10N2O4S2. The van der Waals surface area contributed by atoms with E-state index >= 15 is 0 Å². The fraction of sp³-hybridized carbons (Fsp3) is 0.0909. The monoisotopic (exact) mass is 298 g/mol. The Morgan fingerprint density at radius 3 is 2.68 bits per heavy atom. The summed E-state index contributed by atoms with van der Waals surface area (Å²) in [5.74, 6) is -1.21. The fourth-order valence-corrected chi connectivity index (χ4v) is 3.71. The Balaban J connectivity index is 2.30. The topological polar surface area (TPSA) is 96.4 Å². The average molecular weight is 298 g/mol. The molecule has 2 N–H and O–H groups in total. The van der Waals surface area contributed by atoms with Gasteiger partial charge in [-0.2, -0.15) is 0 Å². The Morgan fingerprint density at radius 2 is 2.11 bits per heavy atom. The molecule has 100 valence electrons. The van der Waals surface area contributed by atoms with Gasteiger partial charge in [0.2, 0.25) is 0 Å². The Morgan fingerprint density at radius 1 is 1.37 bits per heavy atom. The second-order valence-electron chi connectivity index (χ2n) is 3.71. The number of aromatic nitrogens is 1. The van der Waals surface area contributed by atoms with Crippen LogP contribution in [0.25, 0.3) is 0 Å².